The van der Waals surface area contributed by atoms with Crippen molar-refractivity contribution in [2.75, 3.05) is 6.54 Å². The second kappa shape index (κ2) is 4.94. The van der Waals surface area contributed by atoms with E-state index in [4.69, 9.17) is 15.2 Å². The van der Waals surface area contributed by atoms with Gasteiger partial charge in [-0.2, -0.15) is 0 Å². The van der Waals surface area contributed by atoms with Crippen molar-refractivity contribution in [1.82, 2.24) is 0 Å². The number of hydrogen-bond acceptors (Lipinski definition) is 4. The summed E-state index contributed by atoms with van der Waals surface area (Å²) < 4.78 is 10.8. The van der Waals surface area contributed by atoms with E-state index in [-0.39, 0.29) is 12.1 Å². The summed E-state index contributed by atoms with van der Waals surface area (Å²) in [5.41, 5.74) is 5.07. The van der Waals surface area contributed by atoms with Gasteiger partial charge in [-0.05, 0) is 40.0 Å². The predicted octanol–water partition coefficient (Wildman–Crippen LogP) is 1.22. The summed E-state index contributed by atoms with van der Waals surface area (Å²) >= 11 is 0. The van der Waals surface area contributed by atoms with Gasteiger partial charge in [-0.25, -0.2) is 4.79 Å². The Morgan fingerprint density at radius 2 is 2.13 bits per heavy atom. The van der Waals surface area contributed by atoms with Crippen molar-refractivity contribution in [3.05, 3.63) is 0 Å². The summed E-state index contributed by atoms with van der Waals surface area (Å²) in [6, 6.07) is 0. The van der Waals surface area contributed by atoms with Crippen molar-refractivity contribution < 1.29 is 14.3 Å². The van der Waals surface area contributed by atoms with Gasteiger partial charge in [0, 0.05) is 6.54 Å². The first-order valence-electron chi connectivity index (χ1n) is 5.51. The lowest BCUT2D eigenvalue weighted by molar-refractivity contribution is -0.176. The SMILES string of the molecule is CC(C)(C)OC(=O)[C@@H]1CCC[C@H](CN)O1. The van der Waals surface area contributed by atoms with Crippen LogP contribution in [0, 0.1) is 0 Å². The van der Waals surface area contributed by atoms with Crippen molar-refractivity contribution in [2.45, 2.75) is 57.8 Å². The van der Waals surface area contributed by atoms with E-state index in [9.17, 15) is 4.79 Å². The molecule has 1 heterocycles. The summed E-state index contributed by atoms with van der Waals surface area (Å²) in [5, 5.41) is 0. The van der Waals surface area contributed by atoms with Crippen molar-refractivity contribution in [1.29, 1.82) is 0 Å². The second-order valence-corrected chi connectivity index (χ2v) is 4.95. The summed E-state index contributed by atoms with van der Waals surface area (Å²) in [6.07, 6.45) is 2.25. The van der Waals surface area contributed by atoms with Gasteiger partial charge >= 0.3 is 5.97 Å². The lowest BCUT2D eigenvalue weighted by Gasteiger charge is -2.30. The fraction of sp³-hybridized carbons (Fsp3) is 0.909. The van der Waals surface area contributed by atoms with Gasteiger partial charge in [0.2, 0.25) is 0 Å². The maximum Gasteiger partial charge on any atom is 0.335 e. The van der Waals surface area contributed by atoms with Gasteiger partial charge in [0.25, 0.3) is 0 Å². The number of hydrogen-bond donors (Lipinski definition) is 1. The Morgan fingerprint density at radius 3 is 2.67 bits per heavy atom. The van der Waals surface area contributed by atoms with Crippen LogP contribution in [0.5, 0.6) is 0 Å². The summed E-state index contributed by atoms with van der Waals surface area (Å²) in [4.78, 5) is 11.7. The number of rotatable bonds is 2. The number of carbonyl (C=O) groups is 1. The molecule has 2 atom stereocenters. The standard InChI is InChI=1S/C11H21NO3/c1-11(2,3)15-10(13)9-6-4-5-8(7-12)14-9/h8-9H,4-7,12H2,1-3H3/t8-,9+/m1/s1. The molecule has 0 aliphatic carbocycles. The van der Waals surface area contributed by atoms with Gasteiger partial charge in [0.15, 0.2) is 6.10 Å². The van der Waals surface area contributed by atoms with Gasteiger partial charge < -0.3 is 15.2 Å². The van der Waals surface area contributed by atoms with E-state index >= 15 is 0 Å². The molecule has 0 unspecified atom stereocenters. The van der Waals surface area contributed by atoms with E-state index in [1.165, 1.54) is 0 Å². The molecule has 0 aromatic heterocycles. The van der Waals surface area contributed by atoms with Crippen LogP contribution < -0.4 is 5.73 Å². The molecule has 2 N–H and O–H groups in total. The minimum atomic E-state index is -0.448. The molecule has 0 amide bonds. The zero-order chi connectivity index (χ0) is 11.5. The van der Waals surface area contributed by atoms with Crippen LogP contribution >= 0.6 is 0 Å². The van der Waals surface area contributed by atoms with Crippen molar-refractivity contribution in [3.8, 4) is 0 Å². The van der Waals surface area contributed by atoms with Gasteiger partial charge in [0.1, 0.15) is 5.60 Å². The highest BCUT2D eigenvalue weighted by Gasteiger charge is 2.30. The molecule has 88 valence electrons. The van der Waals surface area contributed by atoms with E-state index in [0.717, 1.165) is 19.3 Å². The van der Waals surface area contributed by atoms with E-state index in [0.29, 0.717) is 6.54 Å². The molecule has 0 bridgehead atoms. The smallest absolute Gasteiger partial charge is 0.335 e. The monoisotopic (exact) mass is 215 g/mol. The fourth-order valence-corrected chi connectivity index (χ4v) is 1.61. The Bertz CT molecular complexity index is 222. The molecule has 1 aliphatic heterocycles. The number of esters is 1. The topological polar surface area (TPSA) is 61.5 Å². The molecule has 4 heteroatoms. The van der Waals surface area contributed by atoms with Crippen LogP contribution in [0.15, 0.2) is 0 Å². The van der Waals surface area contributed by atoms with Gasteiger partial charge in [-0.3, -0.25) is 0 Å². The van der Waals surface area contributed by atoms with Gasteiger partial charge in [0.05, 0.1) is 6.10 Å². The zero-order valence-corrected chi connectivity index (χ0v) is 9.79. The van der Waals surface area contributed by atoms with Crippen molar-refractivity contribution in [3.63, 3.8) is 0 Å². The minimum absolute atomic E-state index is 0.0104. The van der Waals surface area contributed by atoms with Crippen LogP contribution in [0.1, 0.15) is 40.0 Å². The van der Waals surface area contributed by atoms with Gasteiger partial charge in [-0.15, -0.1) is 0 Å². The van der Waals surface area contributed by atoms with E-state index < -0.39 is 11.7 Å². The third-order valence-corrected chi connectivity index (χ3v) is 2.28. The maximum atomic E-state index is 11.7. The Hall–Kier alpha value is -0.610. The Balaban J connectivity index is 2.45. The average molecular weight is 215 g/mol. The highest BCUT2D eigenvalue weighted by atomic mass is 16.6. The molecule has 0 saturated carbocycles. The van der Waals surface area contributed by atoms with Crippen LogP contribution in [0.3, 0.4) is 0 Å². The van der Waals surface area contributed by atoms with Crippen LogP contribution in [0.25, 0.3) is 0 Å². The van der Waals surface area contributed by atoms with Crippen LogP contribution in [0.4, 0.5) is 0 Å². The maximum absolute atomic E-state index is 11.7. The number of carbonyl (C=O) groups excluding carboxylic acids is 1. The lowest BCUT2D eigenvalue weighted by Crippen LogP contribution is -2.40. The van der Waals surface area contributed by atoms with Crippen LogP contribution in [-0.2, 0) is 14.3 Å². The molecule has 0 spiro atoms. The third-order valence-electron chi connectivity index (χ3n) is 2.28. The van der Waals surface area contributed by atoms with E-state index in [1.54, 1.807) is 0 Å². The molecule has 15 heavy (non-hydrogen) atoms. The highest BCUT2D eigenvalue weighted by molar-refractivity contribution is 5.75. The Kier molecular flexibility index (Phi) is 4.11. The summed E-state index contributed by atoms with van der Waals surface area (Å²) in [7, 11) is 0. The normalized spacial score (nSPS) is 27.5. The third kappa shape index (κ3) is 4.18. The van der Waals surface area contributed by atoms with E-state index in [2.05, 4.69) is 0 Å². The Morgan fingerprint density at radius 1 is 1.47 bits per heavy atom. The van der Waals surface area contributed by atoms with E-state index in [1.807, 2.05) is 20.8 Å². The Labute approximate surface area is 91.1 Å². The number of ether oxygens (including phenoxy) is 2. The van der Waals surface area contributed by atoms with Crippen LogP contribution in [-0.4, -0.2) is 30.3 Å². The molecule has 4 nitrogen and oxygen atoms in total. The van der Waals surface area contributed by atoms with Crippen LogP contribution in [0.2, 0.25) is 0 Å². The second-order valence-electron chi connectivity index (χ2n) is 4.95. The first-order chi connectivity index (χ1) is 6.92. The number of nitrogens with two attached hydrogens (primary N) is 1. The zero-order valence-electron chi connectivity index (χ0n) is 9.79. The predicted molar refractivity (Wildman–Crippen MR) is 57.4 cm³/mol. The average Bonchev–Trinajstić information content (AvgIpc) is 2.15. The van der Waals surface area contributed by atoms with Crippen molar-refractivity contribution >= 4 is 5.97 Å². The molecule has 1 saturated heterocycles. The first-order valence-corrected chi connectivity index (χ1v) is 5.51. The molecule has 0 aromatic carbocycles. The fourth-order valence-electron chi connectivity index (χ4n) is 1.61. The largest absolute Gasteiger partial charge is 0.458 e. The molecule has 1 rings (SSSR count). The van der Waals surface area contributed by atoms with Gasteiger partial charge in [-0.1, -0.05) is 0 Å². The van der Waals surface area contributed by atoms with Crippen molar-refractivity contribution in [2.24, 2.45) is 5.73 Å². The molecule has 0 radical (unpaired) electrons. The summed E-state index contributed by atoms with van der Waals surface area (Å²) in [6.45, 7) is 6.04. The molecule has 1 fully saturated rings. The first kappa shape index (κ1) is 12.5. The molecular weight excluding hydrogens is 194 g/mol. The lowest BCUT2D eigenvalue weighted by atomic mass is 10.0. The molecule has 1 aliphatic rings. The highest BCUT2D eigenvalue weighted by Crippen LogP contribution is 2.21. The summed E-state index contributed by atoms with van der Waals surface area (Å²) in [5.74, 6) is -0.263. The molecule has 0 aromatic rings. The quantitative estimate of drug-likeness (QED) is 0.704. The minimum Gasteiger partial charge on any atom is -0.458 e. The molecular formula is C11H21NO3.